The second-order valence-corrected chi connectivity index (χ2v) is 6.98. The summed E-state index contributed by atoms with van der Waals surface area (Å²) in [6.45, 7) is 7.72. The molecular formula is C18H26N2O2S. The summed E-state index contributed by atoms with van der Waals surface area (Å²) in [4.78, 5) is 13.8. The molecule has 0 aliphatic carbocycles. The number of amides is 1. The van der Waals surface area contributed by atoms with Crippen LogP contribution in [-0.4, -0.2) is 28.7 Å². The van der Waals surface area contributed by atoms with Crippen LogP contribution in [0.1, 0.15) is 46.4 Å². The quantitative estimate of drug-likeness (QED) is 0.778. The number of aryl methyl sites for hydroxylation is 1. The zero-order valence-corrected chi connectivity index (χ0v) is 14.9. The van der Waals surface area contributed by atoms with E-state index in [1.165, 1.54) is 4.88 Å². The van der Waals surface area contributed by atoms with Gasteiger partial charge in [0.2, 0.25) is 0 Å². The minimum atomic E-state index is -0.0214. The maximum absolute atomic E-state index is 12.5. The highest BCUT2D eigenvalue weighted by Gasteiger charge is 2.17. The highest BCUT2D eigenvalue weighted by atomic mass is 32.1. The van der Waals surface area contributed by atoms with E-state index >= 15 is 0 Å². The Bertz CT molecular complexity index is 632. The Morgan fingerprint density at radius 3 is 2.83 bits per heavy atom. The lowest BCUT2D eigenvalue weighted by atomic mass is 10.0. The van der Waals surface area contributed by atoms with E-state index in [4.69, 9.17) is 5.11 Å². The number of carbonyl (C=O) groups excluding carboxylic acids is 1. The van der Waals surface area contributed by atoms with Crippen molar-refractivity contribution >= 4 is 17.2 Å². The standard InChI is InChI=1S/C18H26N2O2S/c1-4-15(7-8-21)11-19-18(22)17-10-13(2)20(14(17)3)12-16-6-5-9-23-16/h5-6,9-10,15,21H,4,7-8,11-12H2,1-3H3,(H,19,22). The molecule has 0 radical (unpaired) electrons. The largest absolute Gasteiger partial charge is 0.396 e. The zero-order valence-electron chi connectivity index (χ0n) is 14.1. The lowest BCUT2D eigenvalue weighted by molar-refractivity contribution is 0.0943. The van der Waals surface area contributed by atoms with Crippen LogP contribution in [0.25, 0.3) is 0 Å². The van der Waals surface area contributed by atoms with Gasteiger partial charge in [0.25, 0.3) is 5.91 Å². The predicted molar refractivity (Wildman–Crippen MR) is 95.1 cm³/mol. The first-order valence-electron chi connectivity index (χ1n) is 8.15. The Morgan fingerprint density at radius 1 is 1.43 bits per heavy atom. The topological polar surface area (TPSA) is 54.3 Å². The lowest BCUT2D eigenvalue weighted by Gasteiger charge is -2.14. The Balaban J connectivity index is 2.06. The van der Waals surface area contributed by atoms with Gasteiger partial charge in [0, 0.05) is 29.4 Å². The normalized spacial score (nSPS) is 12.3. The molecule has 0 saturated heterocycles. The van der Waals surface area contributed by atoms with Gasteiger partial charge in [-0.3, -0.25) is 4.79 Å². The first-order chi connectivity index (χ1) is 11.1. The van der Waals surface area contributed by atoms with E-state index in [9.17, 15) is 4.79 Å². The van der Waals surface area contributed by atoms with Crippen LogP contribution in [0, 0.1) is 19.8 Å². The fourth-order valence-corrected chi connectivity index (χ4v) is 3.49. The fourth-order valence-electron chi connectivity index (χ4n) is 2.80. The van der Waals surface area contributed by atoms with E-state index in [-0.39, 0.29) is 12.5 Å². The zero-order chi connectivity index (χ0) is 16.8. The summed E-state index contributed by atoms with van der Waals surface area (Å²) in [7, 11) is 0. The number of nitrogens with zero attached hydrogens (tertiary/aromatic N) is 1. The smallest absolute Gasteiger partial charge is 0.253 e. The number of aliphatic hydroxyl groups excluding tert-OH is 1. The van der Waals surface area contributed by atoms with Crippen molar-refractivity contribution in [2.75, 3.05) is 13.2 Å². The van der Waals surface area contributed by atoms with Crippen molar-refractivity contribution in [1.82, 2.24) is 9.88 Å². The average Bonchev–Trinajstić information content (AvgIpc) is 3.14. The molecule has 1 atom stereocenters. The third-order valence-electron chi connectivity index (χ3n) is 4.38. The van der Waals surface area contributed by atoms with Gasteiger partial charge in [0.05, 0.1) is 12.1 Å². The number of thiophene rings is 1. The second kappa shape index (κ2) is 8.31. The SMILES string of the molecule is CCC(CCO)CNC(=O)c1cc(C)n(Cc2cccs2)c1C. The Kier molecular flexibility index (Phi) is 6.42. The molecule has 2 aromatic heterocycles. The van der Waals surface area contributed by atoms with Crippen molar-refractivity contribution in [3.8, 4) is 0 Å². The monoisotopic (exact) mass is 334 g/mol. The van der Waals surface area contributed by atoms with Crippen LogP contribution in [0.5, 0.6) is 0 Å². The summed E-state index contributed by atoms with van der Waals surface area (Å²) in [5.41, 5.74) is 2.85. The van der Waals surface area contributed by atoms with Crippen LogP contribution in [0.15, 0.2) is 23.6 Å². The first-order valence-corrected chi connectivity index (χ1v) is 9.02. The predicted octanol–water partition coefficient (Wildman–Crippen LogP) is 3.35. The summed E-state index contributed by atoms with van der Waals surface area (Å²) >= 11 is 1.73. The molecule has 4 nitrogen and oxygen atoms in total. The minimum Gasteiger partial charge on any atom is -0.396 e. The van der Waals surface area contributed by atoms with Gasteiger partial charge in [-0.25, -0.2) is 0 Å². The van der Waals surface area contributed by atoms with Crippen LogP contribution in [0.2, 0.25) is 0 Å². The molecule has 0 fully saturated rings. The van der Waals surface area contributed by atoms with Crippen LogP contribution in [0.3, 0.4) is 0 Å². The number of nitrogens with one attached hydrogen (secondary N) is 1. The summed E-state index contributed by atoms with van der Waals surface area (Å²) in [5.74, 6) is 0.311. The van der Waals surface area contributed by atoms with Crippen molar-refractivity contribution in [2.45, 2.75) is 40.2 Å². The number of hydrogen-bond donors (Lipinski definition) is 2. The van der Waals surface area contributed by atoms with Crippen LogP contribution in [0.4, 0.5) is 0 Å². The summed E-state index contributed by atoms with van der Waals surface area (Å²) in [6, 6.07) is 6.13. The molecule has 126 valence electrons. The van der Waals surface area contributed by atoms with Gasteiger partial charge in [0.1, 0.15) is 0 Å². The molecule has 0 bridgehead atoms. The van der Waals surface area contributed by atoms with Gasteiger partial charge in [0.15, 0.2) is 0 Å². The van der Waals surface area contributed by atoms with E-state index in [2.05, 4.69) is 28.3 Å². The number of aliphatic hydroxyl groups is 1. The van der Waals surface area contributed by atoms with Crippen molar-refractivity contribution in [3.05, 3.63) is 45.4 Å². The van der Waals surface area contributed by atoms with E-state index in [0.717, 1.165) is 36.3 Å². The molecule has 23 heavy (non-hydrogen) atoms. The second-order valence-electron chi connectivity index (χ2n) is 5.95. The highest BCUT2D eigenvalue weighted by Crippen LogP contribution is 2.19. The fraction of sp³-hybridized carbons (Fsp3) is 0.500. The van der Waals surface area contributed by atoms with Crippen LogP contribution >= 0.6 is 11.3 Å². The van der Waals surface area contributed by atoms with E-state index in [1.807, 2.05) is 26.0 Å². The van der Waals surface area contributed by atoms with E-state index < -0.39 is 0 Å². The molecule has 0 aliphatic rings. The molecule has 0 saturated carbocycles. The number of aromatic nitrogens is 1. The third-order valence-corrected chi connectivity index (χ3v) is 5.24. The van der Waals surface area contributed by atoms with Gasteiger partial charge >= 0.3 is 0 Å². The molecule has 0 aliphatic heterocycles. The first kappa shape index (κ1) is 17.8. The number of carbonyl (C=O) groups is 1. The molecule has 2 rings (SSSR count). The Labute approximate surface area is 142 Å². The van der Waals surface area contributed by atoms with Crippen molar-refractivity contribution in [1.29, 1.82) is 0 Å². The number of hydrogen-bond acceptors (Lipinski definition) is 3. The Hall–Kier alpha value is -1.59. The number of rotatable bonds is 8. The molecule has 5 heteroatoms. The molecule has 0 spiro atoms. The van der Waals surface area contributed by atoms with Gasteiger partial charge in [-0.15, -0.1) is 11.3 Å². The highest BCUT2D eigenvalue weighted by molar-refractivity contribution is 7.09. The van der Waals surface area contributed by atoms with Gasteiger partial charge in [-0.1, -0.05) is 19.4 Å². The average molecular weight is 334 g/mol. The van der Waals surface area contributed by atoms with E-state index in [0.29, 0.717) is 12.5 Å². The summed E-state index contributed by atoms with van der Waals surface area (Å²) in [5, 5.41) is 14.1. The molecular weight excluding hydrogens is 308 g/mol. The van der Waals surface area contributed by atoms with E-state index in [1.54, 1.807) is 11.3 Å². The summed E-state index contributed by atoms with van der Waals surface area (Å²) < 4.78 is 2.19. The lowest BCUT2D eigenvalue weighted by Crippen LogP contribution is -2.29. The molecule has 1 unspecified atom stereocenters. The Morgan fingerprint density at radius 2 is 2.22 bits per heavy atom. The molecule has 1 amide bonds. The molecule has 0 aromatic carbocycles. The summed E-state index contributed by atoms with van der Waals surface area (Å²) in [6.07, 6.45) is 1.69. The van der Waals surface area contributed by atoms with Gasteiger partial charge in [-0.2, -0.15) is 0 Å². The minimum absolute atomic E-state index is 0.0214. The van der Waals surface area contributed by atoms with Crippen LogP contribution in [-0.2, 0) is 6.54 Å². The molecule has 2 aromatic rings. The maximum Gasteiger partial charge on any atom is 0.253 e. The van der Waals surface area contributed by atoms with Crippen LogP contribution < -0.4 is 5.32 Å². The van der Waals surface area contributed by atoms with Crippen molar-refractivity contribution in [2.24, 2.45) is 5.92 Å². The van der Waals surface area contributed by atoms with Gasteiger partial charge < -0.3 is 15.0 Å². The van der Waals surface area contributed by atoms with Crippen molar-refractivity contribution < 1.29 is 9.90 Å². The maximum atomic E-state index is 12.5. The van der Waals surface area contributed by atoms with Gasteiger partial charge in [-0.05, 0) is 43.7 Å². The third kappa shape index (κ3) is 4.45. The van der Waals surface area contributed by atoms with Crippen molar-refractivity contribution in [3.63, 3.8) is 0 Å². The molecule has 2 N–H and O–H groups in total. The molecule has 2 heterocycles.